The molecule has 1 atom stereocenters. The number of rotatable bonds is 7. The summed E-state index contributed by atoms with van der Waals surface area (Å²) < 4.78 is 5.22. The van der Waals surface area contributed by atoms with Crippen molar-refractivity contribution in [3.8, 4) is 11.8 Å². The lowest BCUT2D eigenvalue weighted by molar-refractivity contribution is -0.139. The lowest BCUT2D eigenvalue weighted by Gasteiger charge is -2.34. The van der Waals surface area contributed by atoms with E-state index in [2.05, 4.69) is 21.7 Å². The Kier molecular flexibility index (Phi) is 7.00. The van der Waals surface area contributed by atoms with Crippen molar-refractivity contribution in [1.82, 2.24) is 25.6 Å². The number of benzene rings is 2. The average Bonchev–Trinajstić information content (AvgIpc) is 3.09. The molecule has 35 heavy (non-hydrogen) atoms. The summed E-state index contributed by atoms with van der Waals surface area (Å²) in [6, 6.07) is 15.9. The molecule has 10 nitrogen and oxygen atoms in total. The molecular weight excluding hydrogens is 448 g/mol. The van der Waals surface area contributed by atoms with Crippen LogP contribution in [0, 0.1) is 11.3 Å². The highest BCUT2D eigenvalue weighted by Crippen LogP contribution is 2.30. The molecule has 0 aromatic heterocycles. The number of amides is 4. The summed E-state index contributed by atoms with van der Waals surface area (Å²) in [5.74, 6) is -0.424. The first-order chi connectivity index (χ1) is 16.8. The summed E-state index contributed by atoms with van der Waals surface area (Å²) >= 11 is 0. The van der Waals surface area contributed by atoms with Crippen LogP contribution in [0.15, 0.2) is 48.5 Å². The molecule has 2 heterocycles. The summed E-state index contributed by atoms with van der Waals surface area (Å²) in [5.41, 5.74) is 3.48. The van der Waals surface area contributed by atoms with Gasteiger partial charge in [-0.1, -0.05) is 24.3 Å². The van der Waals surface area contributed by atoms with Gasteiger partial charge < -0.3 is 10.1 Å². The monoisotopic (exact) mass is 476 g/mol. The van der Waals surface area contributed by atoms with Gasteiger partial charge in [-0.25, -0.2) is 4.79 Å². The fourth-order valence-electron chi connectivity index (χ4n) is 4.28. The lowest BCUT2D eigenvalue weighted by Crippen LogP contribution is -2.53. The minimum Gasteiger partial charge on any atom is -0.497 e. The van der Waals surface area contributed by atoms with Gasteiger partial charge in [0.2, 0.25) is 0 Å². The molecule has 2 fully saturated rings. The maximum atomic E-state index is 13.1. The first-order valence-electron chi connectivity index (χ1n) is 11.4. The molecule has 4 rings (SSSR count). The highest BCUT2D eigenvalue weighted by molar-refractivity contribution is 6.08. The van der Waals surface area contributed by atoms with E-state index in [0.717, 1.165) is 30.2 Å². The minimum atomic E-state index is -1.31. The topological polar surface area (TPSA) is 118 Å². The minimum absolute atomic E-state index is 0.0810. The fourth-order valence-corrected chi connectivity index (χ4v) is 4.28. The highest BCUT2D eigenvalue weighted by Gasteiger charge is 2.50. The van der Waals surface area contributed by atoms with E-state index >= 15 is 0 Å². The van der Waals surface area contributed by atoms with Gasteiger partial charge in [0.05, 0.1) is 25.3 Å². The molecule has 2 aliphatic heterocycles. The van der Waals surface area contributed by atoms with Gasteiger partial charge in [0.15, 0.2) is 0 Å². The van der Waals surface area contributed by atoms with E-state index < -0.39 is 23.4 Å². The molecule has 0 spiro atoms. The number of imide groups is 1. The van der Waals surface area contributed by atoms with E-state index in [9.17, 15) is 14.4 Å². The second-order valence-electron chi connectivity index (χ2n) is 8.82. The Balaban J connectivity index is 1.29. The van der Waals surface area contributed by atoms with Crippen LogP contribution < -0.4 is 15.5 Å². The van der Waals surface area contributed by atoms with Gasteiger partial charge >= 0.3 is 6.03 Å². The van der Waals surface area contributed by atoms with Crippen molar-refractivity contribution in [3.63, 3.8) is 0 Å². The molecular formula is C25H28N6O4. The number of ether oxygens (including phenoxy) is 1. The maximum Gasteiger partial charge on any atom is 0.344 e. The number of urea groups is 1. The van der Waals surface area contributed by atoms with E-state index in [-0.39, 0.29) is 6.54 Å². The van der Waals surface area contributed by atoms with Crippen molar-refractivity contribution in [1.29, 1.82) is 5.26 Å². The number of nitriles is 1. The number of carbonyl (C=O) groups is 3. The lowest BCUT2D eigenvalue weighted by atomic mass is 9.92. The Morgan fingerprint density at radius 3 is 2.46 bits per heavy atom. The van der Waals surface area contributed by atoms with E-state index in [0.29, 0.717) is 30.0 Å². The second-order valence-corrected chi connectivity index (χ2v) is 8.82. The van der Waals surface area contributed by atoms with Crippen molar-refractivity contribution in [2.24, 2.45) is 0 Å². The number of hydrogen-bond donors (Lipinski definition) is 2. The van der Waals surface area contributed by atoms with Gasteiger partial charge in [0, 0.05) is 32.7 Å². The highest BCUT2D eigenvalue weighted by atomic mass is 16.5. The number of hydrogen-bond acceptors (Lipinski definition) is 7. The summed E-state index contributed by atoms with van der Waals surface area (Å²) in [7, 11) is 1.52. The van der Waals surface area contributed by atoms with Crippen LogP contribution in [0.4, 0.5) is 4.79 Å². The molecule has 2 aromatic rings. The van der Waals surface area contributed by atoms with Crippen LogP contribution in [0.5, 0.6) is 5.75 Å². The third kappa shape index (κ3) is 5.26. The molecule has 182 valence electrons. The third-order valence-corrected chi connectivity index (χ3v) is 6.40. The van der Waals surface area contributed by atoms with Crippen LogP contribution in [-0.4, -0.2) is 72.5 Å². The predicted octanol–water partition coefficient (Wildman–Crippen LogP) is 1.18. The number of methoxy groups -OCH3 is 1. The van der Waals surface area contributed by atoms with Gasteiger partial charge in [0.1, 0.15) is 11.3 Å². The van der Waals surface area contributed by atoms with Crippen molar-refractivity contribution >= 4 is 17.8 Å². The molecule has 2 aliphatic rings. The van der Waals surface area contributed by atoms with Crippen molar-refractivity contribution in [2.45, 2.75) is 19.0 Å². The quantitative estimate of drug-likeness (QED) is 0.576. The van der Waals surface area contributed by atoms with Crippen LogP contribution in [0.1, 0.15) is 23.6 Å². The van der Waals surface area contributed by atoms with Gasteiger partial charge in [-0.2, -0.15) is 10.3 Å². The first-order valence-corrected chi connectivity index (χ1v) is 11.4. The number of nitrogens with one attached hydrogen (secondary N) is 2. The van der Waals surface area contributed by atoms with E-state index in [1.54, 1.807) is 31.2 Å². The maximum absolute atomic E-state index is 13.1. The van der Waals surface area contributed by atoms with Crippen LogP contribution in [-0.2, 0) is 21.7 Å². The molecule has 2 saturated heterocycles. The summed E-state index contributed by atoms with van der Waals surface area (Å²) in [6.45, 7) is 5.39. The van der Waals surface area contributed by atoms with E-state index in [1.807, 2.05) is 29.2 Å². The van der Waals surface area contributed by atoms with Crippen molar-refractivity contribution in [2.75, 3.05) is 39.8 Å². The molecule has 0 bridgehead atoms. The number of carbonyl (C=O) groups excluding carboxylic acids is 3. The summed E-state index contributed by atoms with van der Waals surface area (Å²) in [4.78, 5) is 42.5. The van der Waals surface area contributed by atoms with Gasteiger partial charge in [-0.3, -0.25) is 24.8 Å². The molecule has 2 aromatic carbocycles. The molecule has 2 N–H and O–H groups in total. The van der Waals surface area contributed by atoms with Crippen LogP contribution >= 0.6 is 0 Å². The Bertz CT molecular complexity index is 1150. The fraction of sp³-hybridized carbons (Fsp3) is 0.360. The molecule has 4 amide bonds. The van der Waals surface area contributed by atoms with E-state index in [1.165, 1.54) is 7.11 Å². The Hall–Kier alpha value is -3.94. The van der Waals surface area contributed by atoms with Gasteiger partial charge in [-0.05, 0) is 42.3 Å². The number of piperazine rings is 1. The Morgan fingerprint density at radius 1 is 1.11 bits per heavy atom. The molecule has 0 saturated carbocycles. The van der Waals surface area contributed by atoms with Crippen molar-refractivity contribution < 1.29 is 19.1 Å². The third-order valence-electron chi connectivity index (χ3n) is 6.40. The Labute approximate surface area is 204 Å². The van der Waals surface area contributed by atoms with E-state index in [4.69, 9.17) is 10.00 Å². The summed E-state index contributed by atoms with van der Waals surface area (Å²) in [6.07, 6.45) is 0. The molecule has 1 unspecified atom stereocenters. The van der Waals surface area contributed by atoms with Crippen LogP contribution in [0.25, 0.3) is 0 Å². The first kappa shape index (κ1) is 24.2. The zero-order valence-corrected chi connectivity index (χ0v) is 19.8. The molecule has 0 radical (unpaired) electrons. The molecule has 0 aliphatic carbocycles. The van der Waals surface area contributed by atoms with Crippen LogP contribution in [0.2, 0.25) is 0 Å². The van der Waals surface area contributed by atoms with Gasteiger partial charge in [0.25, 0.3) is 11.8 Å². The predicted molar refractivity (Wildman–Crippen MR) is 127 cm³/mol. The smallest absolute Gasteiger partial charge is 0.344 e. The Morgan fingerprint density at radius 2 is 1.80 bits per heavy atom. The van der Waals surface area contributed by atoms with Gasteiger partial charge in [-0.15, -0.1) is 0 Å². The second kappa shape index (κ2) is 10.1. The van der Waals surface area contributed by atoms with Crippen molar-refractivity contribution in [3.05, 3.63) is 65.2 Å². The SMILES string of the molecule is COc1cccc(C2(C)NC(=O)N(NC(=O)CN3CCN(Cc4ccc(C#N)cc4)CC3)C2=O)c1. The average molecular weight is 477 g/mol. The standard InChI is InChI=1S/C25H28N6O4/c1-25(20-4-3-5-21(14-20)35-2)23(33)31(24(34)27-25)28-22(32)17-30-12-10-29(11-13-30)16-19-8-6-18(15-26)7-9-19/h3-9,14H,10-13,16-17H2,1-2H3,(H,27,34)(H,28,32). The summed E-state index contributed by atoms with van der Waals surface area (Å²) in [5, 5.41) is 12.3. The zero-order valence-electron chi connectivity index (χ0n) is 19.8. The number of hydrazine groups is 1. The largest absolute Gasteiger partial charge is 0.497 e. The number of nitrogens with zero attached hydrogens (tertiary/aromatic N) is 4. The normalized spacial score (nSPS) is 20.9. The zero-order chi connectivity index (χ0) is 25.0. The van der Waals surface area contributed by atoms with Crippen LogP contribution in [0.3, 0.4) is 0 Å². The molecule has 10 heteroatoms.